The summed E-state index contributed by atoms with van der Waals surface area (Å²) in [5.74, 6) is 0.371. The van der Waals surface area contributed by atoms with Crippen molar-refractivity contribution in [1.29, 1.82) is 0 Å². The average molecular weight is 499 g/mol. The Hall–Kier alpha value is -3.93. The molecule has 0 spiro atoms. The molecule has 2 aromatic heterocycles. The fourth-order valence-corrected chi connectivity index (χ4v) is 5.13. The molecule has 0 radical (unpaired) electrons. The van der Waals surface area contributed by atoms with Crippen molar-refractivity contribution in [3.63, 3.8) is 0 Å². The topological polar surface area (TPSA) is 138 Å². The van der Waals surface area contributed by atoms with Crippen molar-refractivity contribution in [3.05, 3.63) is 50.9 Å². The highest BCUT2D eigenvalue weighted by atomic mass is 32.1. The highest BCUT2D eigenvalue weighted by molar-refractivity contribution is 7.20. The number of urea groups is 1. The molecule has 2 aliphatic heterocycles. The van der Waals surface area contributed by atoms with E-state index >= 15 is 0 Å². The normalized spacial score (nSPS) is 16.0. The molecule has 0 fully saturated rings. The predicted molar refractivity (Wildman–Crippen MR) is 125 cm³/mol. The number of fused-ring (bicyclic) bond motifs is 3. The summed E-state index contributed by atoms with van der Waals surface area (Å²) in [4.78, 5) is 54.6. The Balaban J connectivity index is 1.12. The largest absolute Gasteiger partial charge is 0.486 e. The lowest BCUT2D eigenvalue weighted by atomic mass is 10.2. The Labute approximate surface area is 203 Å². The molecule has 11 nitrogen and oxygen atoms in total. The highest BCUT2D eigenvalue weighted by Crippen LogP contribution is 2.31. The van der Waals surface area contributed by atoms with Gasteiger partial charge in [0.2, 0.25) is 0 Å². The maximum Gasteiger partial charge on any atom is 0.349 e. The minimum absolute atomic E-state index is 0.112. The maximum atomic E-state index is 12.8. The molecular weight excluding hydrogens is 476 g/mol. The number of para-hydroxylation sites is 2. The van der Waals surface area contributed by atoms with E-state index in [9.17, 15) is 19.2 Å². The number of nitrogens with one attached hydrogen (secondary N) is 2. The second-order valence-corrected chi connectivity index (χ2v) is 9.16. The molecule has 35 heavy (non-hydrogen) atoms. The molecule has 0 unspecified atom stereocenters. The van der Waals surface area contributed by atoms with Crippen LogP contribution < -0.4 is 25.7 Å². The molecule has 2 N–H and O–H groups in total. The van der Waals surface area contributed by atoms with Crippen molar-refractivity contribution >= 4 is 39.5 Å². The summed E-state index contributed by atoms with van der Waals surface area (Å²) < 4.78 is 18.0. The quantitative estimate of drug-likeness (QED) is 0.505. The lowest BCUT2D eigenvalue weighted by molar-refractivity contribution is -0.123. The zero-order valence-electron chi connectivity index (χ0n) is 18.8. The Morgan fingerprint density at radius 1 is 1.26 bits per heavy atom. The van der Waals surface area contributed by atoms with Gasteiger partial charge in [0.25, 0.3) is 11.5 Å². The Kier molecular flexibility index (Phi) is 6.12. The summed E-state index contributed by atoms with van der Waals surface area (Å²) in [6.07, 6.45) is 1.17. The van der Waals surface area contributed by atoms with Crippen LogP contribution in [0.4, 0.5) is 4.79 Å². The number of aromatic nitrogens is 2. The Morgan fingerprint density at radius 3 is 2.89 bits per heavy atom. The van der Waals surface area contributed by atoms with Gasteiger partial charge in [-0.25, -0.2) is 14.6 Å². The number of carbonyl (C=O) groups is 3. The van der Waals surface area contributed by atoms with Crippen LogP contribution in [0.1, 0.15) is 27.5 Å². The van der Waals surface area contributed by atoms with E-state index in [4.69, 9.17) is 14.2 Å². The maximum absolute atomic E-state index is 12.8. The van der Waals surface area contributed by atoms with Gasteiger partial charge in [-0.1, -0.05) is 12.1 Å². The Bertz CT molecular complexity index is 1400. The minimum Gasteiger partial charge on any atom is -0.486 e. The third kappa shape index (κ3) is 4.56. The van der Waals surface area contributed by atoms with Crippen molar-refractivity contribution in [1.82, 2.24) is 20.2 Å². The summed E-state index contributed by atoms with van der Waals surface area (Å²) in [5.41, 5.74) is 0.310. The summed E-state index contributed by atoms with van der Waals surface area (Å²) in [7, 11) is 0. The van der Waals surface area contributed by atoms with Crippen LogP contribution in [-0.2, 0) is 22.5 Å². The van der Waals surface area contributed by atoms with Crippen LogP contribution in [0, 0.1) is 6.92 Å². The molecule has 5 rings (SSSR count). The van der Waals surface area contributed by atoms with Crippen LogP contribution in [0.2, 0.25) is 0 Å². The Morgan fingerprint density at radius 2 is 2.06 bits per heavy atom. The van der Waals surface area contributed by atoms with E-state index in [2.05, 4.69) is 15.6 Å². The number of amides is 3. The molecule has 0 bridgehead atoms. The first-order valence-corrected chi connectivity index (χ1v) is 11.9. The fourth-order valence-electron chi connectivity index (χ4n) is 4.04. The third-order valence-corrected chi connectivity index (χ3v) is 6.91. The zero-order chi connectivity index (χ0) is 24.5. The molecule has 4 heterocycles. The smallest absolute Gasteiger partial charge is 0.349 e. The minimum atomic E-state index is -0.794. The van der Waals surface area contributed by atoms with Gasteiger partial charge in [0.05, 0.1) is 11.9 Å². The van der Waals surface area contributed by atoms with Crippen molar-refractivity contribution in [2.24, 2.45) is 0 Å². The second kappa shape index (κ2) is 9.37. The number of nitrogens with zero attached hydrogens (tertiary/aromatic N) is 2. The molecule has 3 aromatic rings. The number of esters is 1. The molecule has 3 amide bonds. The number of carbonyl (C=O) groups excluding carboxylic acids is 3. The van der Waals surface area contributed by atoms with Gasteiger partial charge in [-0.3, -0.25) is 19.5 Å². The SMILES string of the molecule is Cc1c(C(=O)OCC(=O)NC(=O)NC[C@H]2COc3ccccc3O2)sc2nc3n(c(=O)c12)CCC3. The van der Waals surface area contributed by atoms with Gasteiger partial charge in [0, 0.05) is 13.0 Å². The van der Waals surface area contributed by atoms with Crippen molar-refractivity contribution in [2.45, 2.75) is 32.4 Å². The first-order chi connectivity index (χ1) is 16.9. The monoisotopic (exact) mass is 498 g/mol. The lowest BCUT2D eigenvalue weighted by Gasteiger charge is -2.26. The van der Waals surface area contributed by atoms with Gasteiger partial charge in [-0.05, 0) is 31.0 Å². The summed E-state index contributed by atoms with van der Waals surface area (Å²) in [5, 5.41) is 5.03. The number of hydrogen-bond acceptors (Lipinski definition) is 9. The molecule has 12 heteroatoms. The number of rotatable bonds is 5. The average Bonchev–Trinajstić information content (AvgIpc) is 3.46. The first-order valence-electron chi connectivity index (χ1n) is 11.1. The summed E-state index contributed by atoms with van der Waals surface area (Å²) in [6, 6.07) is 6.44. The third-order valence-electron chi connectivity index (χ3n) is 5.74. The molecule has 0 saturated heterocycles. The van der Waals surface area contributed by atoms with Crippen LogP contribution in [0.3, 0.4) is 0 Å². The molecule has 182 valence electrons. The molecular formula is C23H22N4O7S. The number of aryl methyl sites for hydroxylation is 2. The van der Waals surface area contributed by atoms with E-state index in [1.54, 1.807) is 23.6 Å². The van der Waals surface area contributed by atoms with E-state index in [1.165, 1.54) is 0 Å². The molecule has 1 atom stereocenters. The summed E-state index contributed by atoms with van der Waals surface area (Å²) >= 11 is 1.06. The molecule has 1 aromatic carbocycles. The molecule has 0 aliphatic carbocycles. The molecule has 2 aliphatic rings. The molecule has 0 saturated carbocycles. The standard InChI is InChI=1S/C23H22N4O7S/c1-12-18-20(25-16-7-4-8-27(16)21(18)29)35-19(12)22(30)33-11-17(28)26-23(31)24-9-13-10-32-14-5-2-3-6-15(14)34-13/h2-3,5-6,13H,4,7-11H2,1H3,(H2,24,26,28,31)/t13-/m0/s1. The fraction of sp³-hybridized carbons (Fsp3) is 0.348. The highest BCUT2D eigenvalue weighted by Gasteiger charge is 2.25. The van der Waals surface area contributed by atoms with Gasteiger partial charge in [0.15, 0.2) is 24.2 Å². The van der Waals surface area contributed by atoms with Crippen LogP contribution in [0.5, 0.6) is 11.5 Å². The number of thiophene rings is 1. The van der Waals surface area contributed by atoms with Crippen LogP contribution >= 0.6 is 11.3 Å². The number of ether oxygens (including phenoxy) is 3. The number of hydrogen-bond donors (Lipinski definition) is 2. The summed E-state index contributed by atoms with van der Waals surface area (Å²) in [6.45, 7) is 1.98. The van der Waals surface area contributed by atoms with Gasteiger partial charge in [-0.15, -0.1) is 11.3 Å². The van der Waals surface area contributed by atoms with Crippen LogP contribution in [-0.4, -0.2) is 53.3 Å². The predicted octanol–water partition coefficient (Wildman–Crippen LogP) is 1.54. The van der Waals surface area contributed by atoms with Crippen LogP contribution in [0.15, 0.2) is 29.1 Å². The van der Waals surface area contributed by atoms with E-state index < -0.39 is 30.6 Å². The number of imide groups is 1. The second-order valence-electron chi connectivity index (χ2n) is 8.16. The van der Waals surface area contributed by atoms with Crippen LogP contribution in [0.25, 0.3) is 10.2 Å². The van der Waals surface area contributed by atoms with E-state index in [0.29, 0.717) is 39.6 Å². The van der Waals surface area contributed by atoms with Crippen molar-refractivity contribution in [3.8, 4) is 11.5 Å². The van der Waals surface area contributed by atoms with Crippen molar-refractivity contribution < 1.29 is 28.6 Å². The van der Waals surface area contributed by atoms with Gasteiger partial charge in [-0.2, -0.15) is 0 Å². The van der Waals surface area contributed by atoms with E-state index in [-0.39, 0.29) is 23.6 Å². The van der Waals surface area contributed by atoms with Gasteiger partial charge >= 0.3 is 12.0 Å². The first kappa shape index (κ1) is 22.8. The van der Waals surface area contributed by atoms with Crippen molar-refractivity contribution in [2.75, 3.05) is 19.8 Å². The number of benzene rings is 1. The lowest BCUT2D eigenvalue weighted by Crippen LogP contribution is -2.46. The van der Waals surface area contributed by atoms with Gasteiger partial charge in [0.1, 0.15) is 22.1 Å². The zero-order valence-corrected chi connectivity index (χ0v) is 19.6. The van der Waals surface area contributed by atoms with E-state index in [1.807, 2.05) is 12.1 Å². The van der Waals surface area contributed by atoms with Gasteiger partial charge < -0.3 is 19.5 Å². The van der Waals surface area contributed by atoms with E-state index in [0.717, 1.165) is 24.2 Å².